The summed E-state index contributed by atoms with van der Waals surface area (Å²) >= 11 is 14.6. The molecule has 0 radical (unpaired) electrons. The number of hydrogen-bond acceptors (Lipinski definition) is 6. The molecule has 200 valence electrons. The van der Waals surface area contributed by atoms with Crippen LogP contribution in [0.4, 0.5) is 0 Å². The van der Waals surface area contributed by atoms with Gasteiger partial charge in [-0.05, 0) is 58.5 Å². The van der Waals surface area contributed by atoms with Gasteiger partial charge in [-0.25, -0.2) is 0 Å². The first-order chi connectivity index (χ1) is 17.7. The van der Waals surface area contributed by atoms with Gasteiger partial charge in [0.25, 0.3) is 0 Å². The number of amides is 2. The molecule has 0 unspecified atom stereocenters. The van der Waals surface area contributed by atoms with Crippen LogP contribution in [0.5, 0.6) is 5.75 Å². The molecule has 8 nitrogen and oxygen atoms in total. The van der Waals surface area contributed by atoms with Gasteiger partial charge in [0.1, 0.15) is 18.0 Å². The Bertz CT molecular complexity index is 1130. The van der Waals surface area contributed by atoms with Gasteiger partial charge in [0.05, 0.1) is 29.2 Å². The highest BCUT2D eigenvalue weighted by Gasteiger charge is 2.40. The number of halogens is 3. The van der Waals surface area contributed by atoms with E-state index in [0.29, 0.717) is 26.9 Å². The average molecular weight is 663 g/mol. The second-order valence-corrected chi connectivity index (χ2v) is 10.5. The van der Waals surface area contributed by atoms with E-state index in [1.807, 2.05) is 18.2 Å². The van der Waals surface area contributed by atoms with E-state index in [9.17, 15) is 14.7 Å². The predicted molar refractivity (Wildman–Crippen MR) is 150 cm³/mol. The number of rotatable bonds is 11. The van der Waals surface area contributed by atoms with Gasteiger partial charge in [-0.15, -0.1) is 0 Å². The van der Waals surface area contributed by atoms with E-state index in [1.165, 1.54) is 12.0 Å². The van der Waals surface area contributed by atoms with Gasteiger partial charge >= 0.3 is 0 Å². The zero-order valence-electron chi connectivity index (χ0n) is 20.2. The maximum atomic E-state index is 13.4. The summed E-state index contributed by atoms with van der Waals surface area (Å²) in [6.45, 7) is 0.127. The van der Waals surface area contributed by atoms with Crippen molar-refractivity contribution in [1.82, 2.24) is 10.2 Å². The highest BCUT2D eigenvalue weighted by Crippen LogP contribution is 2.32. The summed E-state index contributed by atoms with van der Waals surface area (Å²) in [5.41, 5.74) is 0.978. The molecule has 0 fully saturated rings. The van der Waals surface area contributed by atoms with Crippen LogP contribution >= 0.6 is 45.8 Å². The van der Waals surface area contributed by atoms with Crippen molar-refractivity contribution in [2.24, 2.45) is 0 Å². The number of aliphatic hydroxyl groups excluding tert-OH is 2. The van der Waals surface area contributed by atoms with Crippen LogP contribution in [-0.4, -0.2) is 72.0 Å². The molecule has 0 spiro atoms. The SMILES string of the molecule is COCCC(=O)N(Cc1ccc(Cl)cc1Cl)[C@@H]1CC(C(=O)NCCO)=C[C@H](Oc2ccccc2I)[C@H]1O. The number of nitrogens with zero attached hydrogens (tertiary/aromatic N) is 1. The van der Waals surface area contributed by atoms with Crippen molar-refractivity contribution >= 4 is 57.6 Å². The van der Waals surface area contributed by atoms with Crippen molar-refractivity contribution in [1.29, 1.82) is 0 Å². The number of ether oxygens (including phenoxy) is 2. The van der Waals surface area contributed by atoms with Gasteiger partial charge in [0, 0.05) is 42.2 Å². The molecule has 3 atom stereocenters. The molecule has 0 bridgehead atoms. The highest BCUT2D eigenvalue weighted by atomic mass is 127. The van der Waals surface area contributed by atoms with Crippen molar-refractivity contribution in [3.63, 3.8) is 0 Å². The van der Waals surface area contributed by atoms with Gasteiger partial charge in [-0.1, -0.05) is 41.4 Å². The summed E-state index contributed by atoms with van der Waals surface area (Å²) in [6, 6.07) is 11.5. The molecule has 2 aromatic carbocycles. The highest BCUT2D eigenvalue weighted by molar-refractivity contribution is 14.1. The van der Waals surface area contributed by atoms with Crippen molar-refractivity contribution < 1.29 is 29.3 Å². The van der Waals surface area contributed by atoms with Crippen LogP contribution in [0, 0.1) is 3.57 Å². The molecule has 3 N–H and O–H groups in total. The molecule has 3 rings (SSSR count). The lowest BCUT2D eigenvalue weighted by Gasteiger charge is -2.40. The minimum absolute atomic E-state index is 0.0718. The third-order valence-electron chi connectivity index (χ3n) is 5.91. The van der Waals surface area contributed by atoms with Crippen LogP contribution < -0.4 is 10.1 Å². The van der Waals surface area contributed by atoms with Crippen LogP contribution in [0.1, 0.15) is 18.4 Å². The van der Waals surface area contributed by atoms with Crippen LogP contribution in [0.3, 0.4) is 0 Å². The Morgan fingerprint density at radius 3 is 2.65 bits per heavy atom. The van der Waals surface area contributed by atoms with Gasteiger partial charge in [-0.3, -0.25) is 9.59 Å². The Morgan fingerprint density at radius 2 is 1.97 bits per heavy atom. The molecular weight excluding hydrogens is 634 g/mol. The zero-order chi connectivity index (χ0) is 26.9. The maximum absolute atomic E-state index is 13.4. The maximum Gasteiger partial charge on any atom is 0.247 e. The minimum atomic E-state index is -1.15. The Morgan fingerprint density at radius 1 is 1.22 bits per heavy atom. The molecule has 0 aromatic heterocycles. The topological polar surface area (TPSA) is 108 Å². The minimum Gasteiger partial charge on any atom is -0.482 e. The van der Waals surface area contributed by atoms with Crippen LogP contribution in [0.15, 0.2) is 54.1 Å². The normalized spacial score (nSPS) is 19.2. The first kappa shape index (κ1) is 29.7. The average Bonchev–Trinajstić information content (AvgIpc) is 2.88. The monoisotopic (exact) mass is 662 g/mol. The zero-order valence-corrected chi connectivity index (χ0v) is 23.9. The lowest BCUT2D eigenvalue weighted by atomic mass is 9.87. The summed E-state index contributed by atoms with van der Waals surface area (Å²) < 4.78 is 12.1. The Kier molecular flexibility index (Phi) is 11.5. The van der Waals surface area contributed by atoms with Crippen molar-refractivity contribution in [3.8, 4) is 5.75 Å². The van der Waals surface area contributed by atoms with E-state index >= 15 is 0 Å². The molecule has 2 aromatic rings. The molecule has 0 heterocycles. The van der Waals surface area contributed by atoms with Crippen molar-refractivity contribution in [2.45, 2.75) is 37.6 Å². The molecular formula is C26H29Cl2IN2O6. The van der Waals surface area contributed by atoms with Crippen molar-refractivity contribution in [2.75, 3.05) is 26.9 Å². The number of carbonyl (C=O) groups is 2. The smallest absolute Gasteiger partial charge is 0.247 e. The van der Waals surface area contributed by atoms with Gasteiger partial charge < -0.3 is 29.9 Å². The van der Waals surface area contributed by atoms with E-state index in [0.717, 1.165) is 3.57 Å². The summed E-state index contributed by atoms with van der Waals surface area (Å²) in [7, 11) is 1.50. The standard InChI is InChI=1S/C26H29Cl2IN2O6/c1-36-11-8-24(33)31(15-16-6-7-18(27)14-19(16)28)21-12-17(26(35)30-9-10-32)13-23(25(21)34)37-22-5-3-2-4-20(22)29/h2-7,13-14,21,23,25,32,34H,8-12,15H2,1H3,(H,30,35)/t21-,23+,25+/m1/s1. The molecule has 11 heteroatoms. The summed E-state index contributed by atoms with van der Waals surface area (Å²) in [5.74, 6) is -0.143. The third kappa shape index (κ3) is 8.05. The Hall–Kier alpha value is -1.89. The second-order valence-electron chi connectivity index (χ2n) is 8.45. The largest absolute Gasteiger partial charge is 0.482 e. The molecule has 0 aliphatic heterocycles. The molecule has 1 aliphatic carbocycles. The number of nitrogens with one attached hydrogen (secondary N) is 1. The molecule has 2 amide bonds. The van der Waals surface area contributed by atoms with E-state index in [1.54, 1.807) is 30.3 Å². The van der Waals surface area contributed by atoms with Crippen LogP contribution in [0.25, 0.3) is 0 Å². The summed E-state index contributed by atoms with van der Waals surface area (Å²) in [6.07, 6.45) is -0.341. The van der Waals surface area contributed by atoms with Crippen LogP contribution in [-0.2, 0) is 20.9 Å². The molecule has 0 saturated heterocycles. The predicted octanol–water partition coefficient (Wildman–Crippen LogP) is 3.58. The number of hydrogen-bond donors (Lipinski definition) is 3. The first-order valence-electron chi connectivity index (χ1n) is 11.7. The molecule has 0 saturated carbocycles. The summed E-state index contributed by atoms with van der Waals surface area (Å²) in [5, 5.41) is 24.1. The fraction of sp³-hybridized carbons (Fsp3) is 0.385. The second kappa shape index (κ2) is 14.3. The number of methoxy groups -OCH3 is 1. The van der Waals surface area contributed by atoms with E-state index in [2.05, 4.69) is 27.9 Å². The van der Waals surface area contributed by atoms with E-state index in [4.69, 9.17) is 37.8 Å². The number of carbonyl (C=O) groups excluding carboxylic acids is 2. The number of para-hydroxylation sites is 1. The Labute approximate surface area is 239 Å². The third-order valence-corrected chi connectivity index (χ3v) is 7.39. The number of aliphatic hydroxyl groups is 2. The lowest BCUT2D eigenvalue weighted by Crippen LogP contribution is -2.55. The Balaban J connectivity index is 1.99. The lowest BCUT2D eigenvalue weighted by molar-refractivity contribution is -0.140. The van der Waals surface area contributed by atoms with Crippen LogP contribution in [0.2, 0.25) is 10.0 Å². The van der Waals surface area contributed by atoms with Gasteiger partial charge in [0.15, 0.2) is 0 Å². The first-order valence-corrected chi connectivity index (χ1v) is 13.5. The fourth-order valence-electron chi connectivity index (χ4n) is 4.02. The summed E-state index contributed by atoms with van der Waals surface area (Å²) in [4.78, 5) is 27.8. The van der Waals surface area contributed by atoms with Gasteiger partial charge in [0.2, 0.25) is 11.8 Å². The molecule has 37 heavy (non-hydrogen) atoms. The molecule has 1 aliphatic rings. The number of benzene rings is 2. The van der Waals surface area contributed by atoms with E-state index < -0.39 is 24.2 Å². The van der Waals surface area contributed by atoms with Gasteiger partial charge in [-0.2, -0.15) is 0 Å². The fourth-order valence-corrected chi connectivity index (χ4v) is 5.01. The quantitative estimate of drug-likeness (QED) is 0.318. The van der Waals surface area contributed by atoms with Crippen molar-refractivity contribution in [3.05, 3.63) is 73.3 Å². The van der Waals surface area contributed by atoms with E-state index in [-0.39, 0.29) is 45.1 Å².